The normalized spacial score (nSPS) is 10.2. The van der Waals surface area contributed by atoms with Gasteiger partial charge in [0.25, 0.3) is 0 Å². The van der Waals surface area contributed by atoms with Gasteiger partial charge in [-0.1, -0.05) is 22.0 Å². The molecule has 16 heavy (non-hydrogen) atoms. The Labute approximate surface area is 110 Å². The number of ether oxygens (including phenoxy) is 1. The molecule has 5 heteroatoms. The van der Waals surface area contributed by atoms with Crippen molar-refractivity contribution >= 4 is 31.9 Å². The quantitative estimate of drug-likeness (QED) is 0.823. The molecule has 0 amide bonds. The summed E-state index contributed by atoms with van der Waals surface area (Å²) in [6, 6.07) is 5.86. The minimum Gasteiger partial charge on any atom is -0.437 e. The molecule has 0 saturated carbocycles. The molecule has 0 aliphatic carbocycles. The average molecular weight is 344 g/mol. The predicted octanol–water partition coefficient (Wildman–Crippen LogP) is 4.10. The largest absolute Gasteiger partial charge is 0.437 e. The highest BCUT2D eigenvalue weighted by atomic mass is 79.9. The molecule has 82 valence electrons. The van der Waals surface area contributed by atoms with Gasteiger partial charge in [-0.3, -0.25) is 0 Å². The van der Waals surface area contributed by atoms with Gasteiger partial charge in [0.1, 0.15) is 12.1 Å². The summed E-state index contributed by atoms with van der Waals surface area (Å²) in [6.07, 6.45) is 3.10. The number of aryl methyl sites for hydroxylation is 1. The molecule has 0 N–H and O–H groups in total. The molecule has 1 aromatic heterocycles. The molecule has 0 fully saturated rings. The molecule has 0 aliphatic heterocycles. The Hall–Kier alpha value is -0.940. The summed E-state index contributed by atoms with van der Waals surface area (Å²) in [5.74, 6) is 1.28. The first kappa shape index (κ1) is 11.5. The van der Waals surface area contributed by atoms with Crippen LogP contribution < -0.4 is 4.74 Å². The molecular formula is C11H8Br2N2O. The van der Waals surface area contributed by atoms with E-state index in [9.17, 15) is 0 Å². The van der Waals surface area contributed by atoms with Crippen molar-refractivity contribution in [2.24, 2.45) is 0 Å². The minimum atomic E-state index is 0.510. The smallest absolute Gasteiger partial charge is 0.236 e. The van der Waals surface area contributed by atoms with E-state index >= 15 is 0 Å². The SMILES string of the molecule is Cc1ccc(Br)cc1Oc1ncncc1Br. The third kappa shape index (κ3) is 2.59. The van der Waals surface area contributed by atoms with Crippen LogP contribution in [0, 0.1) is 6.92 Å². The average Bonchev–Trinajstić information content (AvgIpc) is 2.27. The molecule has 1 aromatic carbocycles. The lowest BCUT2D eigenvalue weighted by molar-refractivity contribution is 0.454. The zero-order valence-corrected chi connectivity index (χ0v) is 11.6. The van der Waals surface area contributed by atoms with Crippen LogP contribution in [-0.2, 0) is 0 Å². The highest BCUT2D eigenvalue weighted by molar-refractivity contribution is 9.10. The first-order valence-corrected chi connectivity index (χ1v) is 6.15. The van der Waals surface area contributed by atoms with Crippen LogP contribution in [-0.4, -0.2) is 9.97 Å². The van der Waals surface area contributed by atoms with Gasteiger partial charge in [0.2, 0.25) is 5.88 Å². The van der Waals surface area contributed by atoms with E-state index in [0.717, 1.165) is 20.3 Å². The van der Waals surface area contributed by atoms with Crippen LogP contribution in [0.25, 0.3) is 0 Å². The van der Waals surface area contributed by atoms with Gasteiger partial charge in [0, 0.05) is 10.7 Å². The van der Waals surface area contributed by atoms with Gasteiger partial charge in [-0.2, -0.15) is 0 Å². The lowest BCUT2D eigenvalue weighted by atomic mass is 10.2. The number of nitrogens with zero attached hydrogens (tertiary/aromatic N) is 2. The van der Waals surface area contributed by atoms with E-state index in [-0.39, 0.29) is 0 Å². The second kappa shape index (κ2) is 4.93. The monoisotopic (exact) mass is 342 g/mol. The molecule has 3 nitrogen and oxygen atoms in total. The lowest BCUT2D eigenvalue weighted by Gasteiger charge is -2.08. The summed E-state index contributed by atoms with van der Waals surface area (Å²) in [5.41, 5.74) is 1.05. The Morgan fingerprint density at radius 1 is 1.25 bits per heavy atom. The maximum absolute atomic E-state index is 5.69. The van der Waals surface area contributed by atoms with Crippen LogP contribution in [0.1, 0.15) is 5.56 Å². The summed E-state index contributed by atoms with van der Waals surface area (Å²) in [5, 5.41) is 0. The van der Waals surface area contributed by atoms with Crippen molar-refractivity contribution in [3.63, 3.8) is 0 Å². The molecule has 1 heterocycles. The van der Waals surface area contributed by atoms with E-state index in [2.05, 4.69) is 41.8 Å². The topological polar surface area (TPSA) is 35.0 Å². The standard InChI is InChI=1S/C11H8Br2N2O/c1-7-2-3-8(12)4-10(7)16-11-9(13)5-14-6-15-11/h2-6H,1H3. The Bertz CT molecular complexity index is 517. The van der Waals surface area contributed by atoms with E-state index in [1.807, 2.05) is 25.1 Å². The van der Waals surface area contributed by atoms with Crippen molar-refractivity contribution in [1.29, 1.82) is 0 Å². The number of aromatic nitrogens is 2. The number of benzene rings is 1. The molecule has 0 unspecified atom stereocenters. The van der Waals surface area contributed by atoms with Crippen LogP contribution in [0.2, 0.25) is 0 Å². The minimum absolute atomic E-state index is 0.510. The fourth-order valence-corrected chi connectivity index (χ4v) is 1.81. The zero-order chi connectivity index (χ0) is 11.5. The first-order chi connectivity index (χ1) is 7.66. The van der Waals surface area contributed by atoms with E-state index in [0.29, 0.717) is 5.88 Å². The van der Waals surface area contributed by atoms with Crippen LogP contribution in [0.3, 0.4) is 0 Å². The van der Waals surface area contributed by atoms with Crippen LogP contribution in [0.5, 0.6) is 11.6 Å². The van der Waals surface area contributed by atoms with Crippen molar-refractivity contribution in [3.05, 3.63) is 45.2 Å². The van der Waals surface area contributed by atoms with Gasteiger partial charge in [-0.05, 0) is 40.5 Å². The molecule has 0 atom stereocenters. The molecule has 0 bridgehead atoms. The molecule has 0 saturated heterocycles. The Kier molecular flexibility index (Phi) is 3.56. The highest BCUT2D eigenvalue weighted by Crippen LogP contribution is 2.30. The summed E-state index contributed by atoms with van der Waals surface area (Å²) < 4.78 is 7.39. The predicted molar refractivity (Wildman–Crippen MR) is 68.7 cm³/mol. The fraction of sp³-hybridized carbons (Fsp3) is 0.0909. The molecular weight excluding hydrogens is 336 g/mol. The van der Waals surface area contributed by atoms with Crippen molar-refractivity contribution in [2.45, 2.75) is 6.92 Å². The Balaban J connectivity index is 2.34. The summed E-state index contributed by atoms with van der Waals surface area (Å²) in [4.78, 5) is 7.93. The number of hydrogen-bond donors (Lipinski definition) is 0. The van der Waals surface area contributed by atoms with Crippen LogP contribution in [0.15, 0.2) is 39.7 Å². The van der Waals surface area contributed by atoms with Gasteiger partial charge >= 0.3 is 0 Å². The van der Waals surface area contributed by atoms with Gasteiger partial charge in [-0.25, -0.2) is 9.97 Å². The first-order valence-electron chi connectivity index (χ1n) is 4.56. The molecule has 2 aromatic rings. The van der Waals surface area contributed by atoms with E-state index < -0.39 is 0 Å². The van der Waals surface area contributed by atoms with Gasteiger partial charge in [0.15, 0.2) is 0 Å². The summed E-state index contributed by atoms with van der Waals surface area (Å²) >= 11 is 6.74. The van der Waals surface area contributed by atoms with E-state index in [1.54, 1.807) is 6.20 Å². The van der Waals surface area contributed by atoms with Crippen molar-refractivity contribution < 1.29 is 4.74 Å². The lowest BCUT2D eigenvalue weighted by Crippen LogP contribution is -1.92. The molecule has 0 radical (unpaired) electrons. The second-order valence-electron chi connectivity index (χ2n) is 3.19. The fourth-order valence-electron chi connectivity index (χ4n) is 1.16. The Morgan fingerprint density at radius 3 is 2.81 bits per heavy atom. The van der Waals surface area contributed by atoms with Crippen LogP contribution >= 0.6 is 31.9 Å². The van der Waals surface area contributed by atoms with Crippen molar-refractivity contribution in [3.8, 4) is 11.6 Å². The van der Waals surface area contributed by atoms with Crippen molar-refractivity contribution in [2.75, 3.05) is 0 Å². The zero-order valence-electron chi connectivity index (χ0n) is 8.45. The summed E-state index contributed by atoms with van der Waals surface area (Å²) in [6.45, 7) is 1.98. The van der Waals surface area contributed by atoms with E-state index in [1.165, 1.54) is 6.33 Å². The van der Waals surface area contributed by atoms with Crippen molar-refractivity contribution in [1.82, 2.24) is 9.97 Å². The molecule has 0 spiro atoms. The van der Waals surface area contributed by atoms with E-state index in [4.69, 9.17) is 4.74 Å². The van der Waals surface area contributed by atoms with Gasteiger partial charge in [-0.15, -0.1) is 0 Å². The van der Waals surface area contributed by atoms with Gasteiger partial charge in [0.05, 0.1) is 4.47 Å². The highest BCUT2D eigenvalue weighted by Gasteiger charge is 2.06. The third-order valence-electron chi connectivity index (χ3n) is 1.99. The van der Waals surface area contributed by atoms with Gasteiger partial charge < -0.3 is 4.74 Å². The summed E-state index contributed by atoms with van der Waals surface area (Å²) in [7, 11) is 0. The Morgan fingerprint density at radius 2 is 2.06 bits per heavy atom. The maximum Gasteiger partial charge on any atom is 0.236 e. The third-order valence-corrected chi connectivity index (χ3v) is 3.03. The van der Waals surface area contributed by atoms with Crippen LogP contribution in [0.4, 0.5) is 0 Å². The maximum atomic E-state index is 5.69. The number of hydrogen-bond acceptors (Lipinski definition) is 3. The molecule has 0 aliphatic rings. The number of halogens is 2. The second-order valence-corrected chi connectivity index (χ2v) is 4.96. The molecule has 2 rings (SSSR count). The number of rotatable bonds is 2.